The topological polar surface area (TPSA) is 45.5 Å². The molecule has 5 heteroatoms. The number of likely N-dealkylation sites (N-methyl/N-ethyl adjacent to an activating group) is 1. The first kappa shape index (κ1) is 11.6. The molecular formula is C13H19N5. The lowest BCUT2D eigenvalue weighted by Crippen LogP contribution is -2.50. The van der Waals surface area contributed by atoms with Crippen LogP contribution in [0.4, 0.5) is 0 Å². The van der Waals surface area contributed by atoms with Gasteiger partial charge in [0.25, 0.3) is 0 Å². The van der Waals surface area contributed by atoms with Crippen LogP contribution in [0.15, 0.2) is 18.3 Å². The van der Waals surface area contributed by atoms with Crippen molar-refractivity contribution in [3.8, 4) is 0 Å². The van der Waals surface area contributed by atoms with E-state index < -0.39 is 0 Å². The first-order valence-electron chi connectivity index (χ1n) is 6.45. The van der Waals surface area contributed by atoms with Crippen LogP contribution in [0.3, 0.4) is 0 Å². The molecule has 1 saturated heterocycles. The summed E-state index contributed by atoms with van der Waals surface area (Å²) in [4.78, 5) is 6.96. The highest BCUT2D eigenvalue weighted by Gasteiger charge is 2.20. The van der Waals surface area contributed by atoms with Crippen molar-refractivity contribution in [2.75, 3.05) is 26.7 Å². The Labute approximate surface area is 107 Å². The lowest BCUT2D eigenvalue weighted by molar-refractivity contribution is 0.197. The van der Waals surface area contributed by atoms with Crippen molar-refractivity contribution in [1.82, 2.24) is 24.8 Å². The summed E-state index contributed by atoms with van der Waals surface area (Å²) in [6.07, 6.45) is 2.93. The van der Waals surface area contributed by atoms with E-state index in [0.717, 1.165) is 37.5 Å². The summed E-state index contributed by atoms with van der Waals surface area (Å²) in [5.74, 6) is 0.932. The maximum absolute atomic E-state index is 4.58. The van der Waals surface area contributed by atoms with Gasteiger partial charge in [-0.3, -0.25) is 0 Å². The van der Waals surface area contributed by atoms with Crippen molar-refractivity contribution < 1.29 is 0 Å². The first-order valence-corrected chi connectivity index (χ1v) is 6.45. The smallest absolute Gasteiger partial charge is 0.155 e. The fourth-order valence-electron chi connectivity index (χ4n) is 2.42. The molecule has 18 heavy (non-hydrogen) atoms. The Morgan fingerprint density at radius 2 is 2.33 bits per heavy atom. The third-order valence-corrected chi connectivity index (χ3v) is 3.59. The van der Waals surface area contributed by atoms with E-state index >= 15 is 0 Å². The number of aryl methyl sites for hydroxylation is 1. The Balaban J connectivity index is 1.81. The minimum absolute atomic E-state index is 0.497. The molecular weight excluding hydrogens is 226 g/mol. The van der Waals surface area contributed by atoms with Crippen molar-refractivity contribution in [2.45, 2.75) is 19.4 Å². The molecule has 5 nitrogen and oxygen atoms in total. The second-order valence-corrected chi connectivity index (χ2v) is 5.08. The highest BCUT2D eigenvalue weighted by molar-refractivity contribution is 5.38. The van der Waals surface area contributed by atoms with Crippen LogP contribution in [0.5, 0.6) is 0 Å². The summed E-state index contributed by atoms with van der Waals surface area (Å²) in [7, 11) is 2.17. The predicted molar refractivity (Wildman–Crippen MR) is 70.7 cm³/mol. The molecule has 1 aliphatic rings. The minimum atomic E-state index is 0.497. The molecule has 3 heterocycles. The zero-order chi connectivity index (χ0) is 12.5. The largest absolute Gasteiger partial charge is 0.314 e. The quantitative estimate of drug-likeness (QED) is 0.836. The van der Waals surface area contributed by atoms with Gasteiger partial charge in [0.15, 0.2) is 11.5 Å². The van der Waals surface area contributed by atoms with Crippen molar-refractivity contribution in [2.24, 2.45) is 0 Å². The second kappa shape index (κ2) is 4.66. The molecule has 1 unspecified atom stereocenters. The van der Waals surface area contributed by atoms with Crippen LogP contribution in [0.25, 0.3) is 5.65 Å². The number of hydrogen-bond acceptors (Lipinski definition) is 4. The van der Waals surface area contributed by atoms with E-state index in [1.54, 1.807) is 0 Å². The minimum Gasteiger partial charge on any atom is -0.314 e. The number of nitrogens with one attached hydrogen (secondary N) is 1. The summed E-state index contributed by atoms with van der Waals surface area (Å²) in [6.45, 7) is 5.26. The summed E-state index contributed by atoms with van der Waals surface area (Å²) < 4.78 is 1.88. The van der Waals surface area contributed by atoms with Gasteiger partial charge >= 0.3 is 0 Å². The number of nitrogens with zero attached hydrogens (tertiary/aromatic N) is 4. The number of pyridine rings is 1. The van der Waals surface area contributed by atoms with Gasteiger partial charge in [-0.25, -0.2) is 9.50 Å². The molecule has 96 valence electrons. The van der Waals surface area contributed by atoms with E-state index in [0.29, 0.717) is 6.04 Å². The maximum Gasteiger partial charge on any atom is 0.155 e. The molecule has 0 bridgehead atoms. The zero-order valence-electron chi connectivity index (χ0n) is 10.9. The van der Waals surface area contributed by atoms with Crippen LogP contribution in [0.1, 0.15) is 11.4 Å². The van der Waals surface area contributed by atoms with Crippen LogP contribution in [-0.2, 0) is 6.42 Å². The number of hydrogen-bond donors (Lipinski definition) is 1. The van der Waals surface area contributed by atoms with E-state index in [1.165, 1.54) is 5.56 Å². The number of aromatic nitrogens is 3. The van der Waals surface area contributed by atoms with Crippen LogP contribution >= 0.6 is 0 Å². The standard InChI is InChI=1S/C13H19N5/c1-10-3-4-13-15-12(16-18(13)9-10)7-11-8-14-5-6-17(11)2/h3-4,9,11,14H,5-8H2,1-2H3. The average Bonchev–Trinajstić information content (AvgIpc) is 2.73. The summed E-state index contributed by atoms with van der Waals surface area (Å²) in [6, 6.07) is 4.59. The van der Waals surface area contributed by atoms with Crippen molar-refractivity contribution in [3.63, 3.8) is 0 Å². The van der Waals surface area contributed by atoms with Crippen LogP contribution in [0.2, 0.25) is 0 Å². The van der Waals surface area contributed by atoms with E-state index in [4.69, 9.17) is 0 Å². The molecule has 1 fully saturated rings. The number of fused-ring (bicyclic) bond motifs is 1. The number of piperazine rings is 1. The van der Waals surface area contributed by atoms with E-state index in [-0.39, 0.29) is 0 Å². The Hall–Kier alpha value is -1.46. The summed E-state index contributed by atoms with van der Waals surface area (Å²) in [5, 5.41) is 7.98. The van der Waals surface area contributed by atoms with Gasteiger partial charge in [0.1, 0.15) is 0 Å². The highest BCUT2D eigenvalue weighted by atomic mass is 15.3. The molecule has 1 aliphatic heterocycles. The molecule has 3 rings (SSSR count). The summed E-state index contributed by atoms with van der Waals surface area (Å²) in [5.41, 5.74) is 2.14. The lowest BCUT2D eigenvalue weighted by Gasteiger charge is -2.32. The molecule has 0 saturated carbocycles. The van der Waals surface area contributed by atoms with Gasteiger partial charge in [-0.2, -0.15) is 5.10 Å². The molecule has 2 aromatic rings. The molecule has 0 aliphatic carbocycles. The molecule has 0 aromatic carbocycles. The average molecular weight is 245 g/mol. The number of rotatable bonds is 2. The van der Waals surface area contributed by atoms with Gasteiger partial charge < -0.3 is 10.2 Å². The highest BCUT2D eigenvalue weighted by Crippen LogP contribution is 2.09. The van der Waals surface area contributed by atoms with Crippen molar-refractivity contribution in [3.05, 3.63) is 29.7 Å². The third kappa shape index (κ3) is 2.23. The van der Waals surface area contributed by atoms with Crippen LogP contribution in [-0.4, -0.2) is 52.2 Å². The monoisotopic (exact) mass is 245 g/mol. The Kier molecular flexibility index (Phi) is 3.01. The zero-order valence-corrected chi connectivity index (χ0v) is 10.9. The Morgan fingerprint density at radius 1 is 1.44 bits per heavy atom. The summed E-state index contributed by atoms with van der Waals surface area (Å²) >= 11 is 0. The van der Waals surface area contributed by atoms with E-state index in [9.17, 15) is 0 Å². The first-order chi connectivity index (χ1) is 8.72. The lowest BCUT2D eigenvalue weighted by atomic mass is 10.1. The molecule has 0 radical (unpaired) electrons. The third-order valence-electron chi connectivity index (χ3n) is 3.59. The van der Waals surface area contributed by atoms with Gasteiger partial charge in [0.2, 0.25) is 0 Å². The van der Waals surface area contributed by atoms with Crippen LogP contribution < -0.4 is 5.32 Å². The second-order valence-electron chi connectivity index (χ2n) is 5.08. The molecule has 1 atom stereocenters. The maximum atomic E-state index is 4.58. The molecule has 0 spiro atoms. The fourth-order valence-corrected chi connectivity index (χ4v) is 2.42. The van der Waals surface area contributed by atoms with Gasteiger partial charge in [-0.05, 0) is 25.6 Å². The van der Waals surface area contributed by atoms with Gasteiger partial charge in [-0.15, -0.1) is 0 Å². The van der Waals surface area contributed by atoms with Gasteiger partial charge in [0, 0.05) is 38.3 Å². The van der Waals surface area contributed by atoms with Crippen LogP contribution in [0, 0.1) is 6.92 Å². The molecule has 2 aromatic heterocycles. The normalized spacial score (nSPS) is 21.6. The molecule has 0 amide bonds. The van der Waals surface area contributed by atoms with E-state index in [1.807, 2.05) is 16.8 Å². The van der Waals surface area contributed by atoms with Gasteiger partial charge in [0.05, 0.1) is 0 Å². The predicted octanol–water partition coefficient (Wildman–Crippen LogP) is 0.484. The van der Waals surface area contributed by atoms with Crippen molar-refractivity contribution in [1.29, 1.82) is 0 Å². The SMILES string of the molecule is Cc1ccc2nc(CC3CNCCN3C)nn2c1. The fraction of sp³-hybridized carbons (Fsp3) is 0.538. The Morgan fingerprint density at radius 3 is 3.17 bits per heavy atom. The van der Waals surface area contributed by atoms with E-state index in [2.05, 4.69) is 40.3 Å². The molecule has 1 N–H and O–H groups in total. The Bertz CT molecular complexity index is 547. The van der Waals surface area contributed by atoms with Gasteiger partial charge in [-0.1, -0.05) is 6.07 Å². The van der Waals surface area contributed by atoms with Crippen molar-refractivity contribution >= 4 is 5.65 Å².